The molecule has 1 saturated carbocycles. The minimum atomic E-state index is 0.0320. The first kappa shape index (κ1) is 7.80. The summed E-state index contributed by atoms with van der Waals surface area (Å²) in [6.07, 6.45) is 3.59. The molecule has 0 aromatic carbocycles. The lowest BCUT2D eigenvalue weighted by molar-refractivity contribution is -0.135. The number of hydrogen-bond donors (Lipinski definition) is 0. The number of amides is 1. The Morgan fingerprint density at radius 2 is 2.33 bits per heavy atom. The summed E-state index contributed by atoms with van der Waals surface area (Å²) < 4.78 is 5.57. The summed E-state index contributed by atoms with van der Waals surface area (Å²) in [7, 11) is 0. The van der Waals surface area contributed by atoms with Crippen LogP contribution in [-0.4, -0.2) is 36.1 Å². The lowest BCUT2D eigenvalue weighted by Crippen LogP contribution is -2.46. The van der Waals surface area contributed by atoms with Crippen molar-refractivity contribution < 1.29 is 9.53 Å². The molecule has 1 amide bonds. The number of nitrogens with zero attached hydrogens (tertiary/aromatic N) is 1. The van der Waals surface area contributed by atoms with Gasteiger partial charge in [0.2, 0.25) is 5.91 Å². The van der Waals surface area contributed by atoms with Gasteiger partial charge in [-0.1, -0.05) is 6.58 Å². The van der Waals surface area contributed by atoms with E-state index in [1.807, 2.05) is 4.90 Å². The largest absolute Gasteiger partial charge is 0.371 e. The van der Waals surface area contributed by atoms with Gasteiger partial charge in [0.1, 0.15) is 0 Å². The van der Waals surface area contributed by atoms with Crippen LogP contribution in [0.2, 0.25) is 0 Å². The van der Waals surface area contributed by atoms with E-state index in [1.54, 1.807) is 0 Å². The molecular formula is C9H13NO2. The Balaban J connectivity index is 1.99. The molecule has 0 aromatic rings. The summed E-state index contributed by atoms with van der Waals surface area (Å²) in [5.41, 5.74) is 0.0386. The zero-order chi connectivity index (χ0) is 8.60. The summed E-state index contributed by atoms with van der Waals surface area (Å²) in [6.45, 7) is 5.63. The van der Waals surface area contributed by atoms with E-state index in [9.17, 15) is 4.79 Å². The molecule has 0 aromatic heterocycles. The molecule has 0 atom stereocenters. The van der Waals surface area contributed by atoms with E-state index < -0.39 is 0 Å². The van der Waals surface area contributed by atoms with Crippen LogP contribution in [0, 0.1) is 0 Å². The topological polar surface area (TPSA) is 29.5 Å². The summed E-state index contributed by atoms with van der Waals surface area (Å²) in [5.74, 6) is 0.0320. The first-order valence-corrected chi connectivity index (χ1v) is 4.31. The van der Waals surface area contributed by atoms with Gasteiger partial charge in [-0.25, -0.2) is 0 Å². The maximum atomic E-state index is 11.2. The van der Waals surface area contributed by atoms with Crippen LogP contribution in [-0.2, 0) is 9.53 Å². The molecule has 12 heavy (non-hydrogen) atoms. The number of rotatable bonds is 1. The standard InChI is InChI=1S/C9H13NO2/c1-2-8(11)10-5-6-12-9(7-10)3-4-9/h2H,1,3-7H2. The van der Waals surface area contributed by atoms with E-state index in [1.165, 1.54) is 6.08 Å². The van der Waals surface area contributed by atoms with E-state index in [4.69, 9.17) is 4.74 Å². The van der Waals surface area contributed by atoms with Crippen molar-refractivity contribution in [2.45, 2.75) is 18.4 Å². The average Bonchev–Trinajstić information content (AvgIpc) is 2.84. The van der Waals surface area contributed by atoms with Gasteiger partial charge in [-0.2, -0.15) is 0 Å². The Morgan fingerprint density at radius 1 is 1.58 bits per heavy atom. The molecule has 1 saturated heterocycles. The number of carbonyl (C=O) groups excluding carboxylic acids is 1. The third kappa shape index (κ3) is 1.25. The second-order valence-electron chi connectivity index (χ2n) is 3.50. The molecule has 0 radical (unpaired) electrons. The maximum absolute atomic E-state index is 11.2. The van der Waals surface area contributed by atoms with Gasteiger partial charge < -0.3 is 9.64 Å². The molecule has 2 aliphatic rings. The van der Waals surface area contributed by atoms with E-state index in [-0.39, 0.29) is 11.5 Å². The fraction of sp³-hybridized carbons (Fsp3) is 0.667. The van der Waals surface area contributed by atoms with Gasteiger partial charge in [-0.15, -0.1) is 0 Å². The zero-order valence-corrected chi connectivity index (χ0v) is 7.08. The predicted octanol–water partition coefficient (Wildman–Crippen LogP) is 0.564. The van der Waals surface area contributed by atoms with Crippen LogP contribution in [0.15, 0.2) is 12.7 Å². The molecule has 3 nitrogen and oxygen atoms in total. The summed E-state index contributed by atoms with van der Waals surface area (Å²) in [4.78, 5) is 13.1. The molecule has 1 spiro atoms. The Hall–Kier alpha value is -0.830. The maximum Gasteiger partial charge on any atom is 0.246 e. The molecule has 1 aliphatic carbocycles. The predicted molar refractivity (Wildman–Crippen MR) is 44.7 cm³/mol. The Labute approximate surface area is 72.0 Å². The third-order valence-corrected chi connectivity index (χ3v) is 2.54. The van der Waals surface area contributed by atoms with Crippen LogP contribution < -0.4 is 0 Å². The monoisotopic (exact) mass is 167 g/mol. The highest BCUT2D eigenvalue weighted by atomic mass is 16.5. The van der Waals surface area contributed by atoms with Gasteiger partial charge in [0, 0.05) is 6.54 Å². The number of ether oxygens (including phenoxy) is 1. The molecule has 2 rings (SSSR count). The first-order chi connectivity index (χ1) is 5.76. The van der Waals surface area contributed by atoms with E-state index in [0.717, 1.165) is 19.4 Å². The lowest BCUT2D eigenvalue weighted by atomic mass is 10.2. The van der Waals surface area contributed by atoms with E-state index >= 15 is 0 Å². The zero-order valence-electron chi connectivity index (χ0n) is 7.08. The molecule has 0 bridgehead atoms. The fourth-order valence-corrected chi connectivity index (χ4v) is 1.60. The van der Waals surface area contributed by atoms with Crippen molar-refractivity contribution >= 4 is 5.91 Å². The second kappa shape index (κ2) is 2.59. The molecule has 66 valence electrons. The highest BCUT2D eigenvalue weighted by Crippen LogP contribution is 2.41. The molecule has 1 aliphatic heterocycles. The SMILES string of the molecule is C=CC(=O)N1CCOC2(CC2)C1. The van der Waals surface area contributed by atoms with Gasteiger partial charge in [0.15, 0.2) is 0 Å². The van der Waals surface area contributed by atoms with Crippen molar-refractivity contribution in [2.75, 3.05) is 19.7 Å². The highest BCUT2D eigenvalue weighted by Gasteiger charge is 2.47. The van der Waals surface area contributed by atoms with Gasteiger partial charge in [0.25, 0.3) is 0 Å². The van der Waals surface area contributed by atoms with Crippen LogP contribution >= 0.6 is 0 Å². The summed E-state index contributed by atoms with van der Waals surface area (Å²) in [5, 5.41) is 0. The molecule has 3 heteroatoms. The van der Waals surface area contributed by atoms with Crippen LogP contribution in [0.4, 0.5) is 0 Å². The van der Waals surface area contributed by atoms with Crippen molar-refractivity contribution in [1.82, 2.24) is 4.90 Å². The van der Waals surface area contributed by atoms with Gasteiger partial charge in [0.05, 0.1) is 18.8 Å². The Bertz CT molecular complexity index is 221. The van der Waals surface area contributed by atoms with Crippen LogP contribution in [0.5, 0.6) is 0 Å². The van der Waals surface area contributed by atoms with Crippen molar-refractivity contribution in [2.24, 2.45) is 0 Å². The quantitative estimate of drug-likeness (QED) is 0.534. The van der Waals surface area contributed by atoms with Crippen LogP contribution in [0.1, 0.15) is 12.8 Å². The fourth-order valence-electron chi connectivity index (χ4n) is 1.60. The van der Waals surface area contributed by atoms with Crippen molar-refractivity contribution in [3.05, 3.63) is 12.7 Å². The Morgan fingerprint density at radius 3 is 2.92 bits per heavy atom. The van der Waals surface area contributed by atoms with Crippen molar-refractivity contribution in [1.29, 1.82) is 0 Å². The lowest BCUT2D eigenvalue weighted by Gasteiger charge is -2.32. The molecule has 0 N–H and O–H groups in total. The van der Waals surface area contributed by atoms with Gasteiger partial charge >= 0.3 is 0 Å². The highest BCUT2D eigenvalue weighted by molar-refractivity contribution is 5.87. The minimum absolute atomic E-state index is 0.0320. The van der Waals surface area contributed by atoms with E-state index in [0.29, 0.717) is 13.2 Å². The molecule has 1 heterocycles. The number of carbonyl (C=O) groups is 1. The number of hydrogen-bond acceptors (Lipinski definition) is 2. The normalized spacial score (nSPS) is 25.5. The van der Waals surface area contributed by atoms with Crippen LogP contribution in [0.25, 0.3) is 0 Å². The smallest absolute Gasteiger partial charge is 0.246 e. The molecule has 0 unspecified atom stereocenters. The average molecular weight is 167 g/mol. The van der Waals surface area contributed by atoms with Gasteiger partial charge in [-0.3, -0.25) is 4.79 Å². The molecule has 2 fully saturated rings. The van der Waals surface area contributed by atoms with Gasteiger partial charge in [-0.05, 0) is 18.9 Å². The van der Waals surface area contributed by atoms with Crippen molar-refractivity contribution in [3.63, 3.8) is 0 Å². The second-order valence-corrected chi connectivity index (χ2v) is 3.50. The Kier molecular flexibility index (Phi) is 1.68. The molecular weight excluding hydrogens is 154 g/mol. The minimum Gasteiger partial charge on any atom is -0.371 e. The van der Waals surface area contributed by atoms with Crippen LogP contribution in [0.3, 0.4) is 0 Å². The first-order valence-electron chi connectivity index (χ1n) is 4.31. The summed E-state index contributed by atoms with van der Waals surface area (Å²) >= 11 is 0. The number of morpholine rings is 1. The summed E-state index contributed by atoms with van der Waals surface area (Å²) in [6, 6.07) is 0. The van der Waals surface area contributed by atoms with E-state index in [2.05, 4.69) is 6.58 Å². The third-order valence-electron chi connectivity index (χ3n) is 2.54. The van der Waals surface area contributed by atoms with Crippen molar-refractivity contribution in [3.8, 4) is 0 Å².